The van der Waals surface area contributed by atoms with Gasteiger partial charge in [0, 0.05) is 45.1 Å². The third-order valence-corrected chi connectivity index (χ3v) is 2.78. The molecule has 1 rings (SSSR count). The summed E-state index contributed by atoms with van der Waals surface area (Å²) in [6, 6.07) is 0. The first kappa shape index (κ1) is 16.8. The lowest BCUT2D eigenvalue weighted by molar-refractivity contribution is -0.135. The second-order valence-corrected chi connectivity index (χ2v) is 4.49. The molecule has 0 radical (unpaired) electrons. The zero-order valence-corrected chi connectivity index (χ0v) is 11.7. The number of hydrogen-bond acceptors (Lipinski definition) is 3. The molecule has 0 bridgehead atoms. The lowest BCUT2D eigenvalue weighted by Crippen LogP contribution is -2.11. The van der Waals surface area contributed by atoms with Gasteiger partial charge in [0.1, 0.15) is 0 Å². The highest BCUT2D eigenvalue weighted by Crippen LogP contribution is 2.22. The number of anilines is 1. The second kappa shape index (κ2) is 8.84. The van der Waals surface area contributed by atoms with E-state index in [4.69, 9.17) is 4.74 Å². The Labute approximate surface area is 117 Å². The Morgan fingerprint density at radius 2 is 2.10 bits per heavy atom. The molecule has 0 saturated carbocycles. The number of nitrogens with zero attached hydrogens (tertiary/aromatic N) is 2. The summed E-state index contributed by atoms with van der Waals surface area (Å²) in [6.07, 6.45) is 0.144. The average Bonchev–Trinajstić information content (AvgIpc) is 2.81. The summed E-state index contributed by atoms with van der Waals surface area (Å²) in [4.78, 5) is 4.15. The first-order valence-electron chi connectivity index (χ1n) is 6.92. The minimum absolute atomic E-state index is 0.144. The first-order chi connectivity index (χ1) is 9.53. The molecule has 0 fully saturated rings. The van der Waals surface area contributed by atoms with Crippen LogP contribution in [0.5, 0.6) is 0 Å². The van der Waals surface area contributed by atoms with Gasteiger partial charge in [-0.05, 0) is 26.2 Å². The van der Waals surface area contributed by atoms with Gasteiger partial charge in [-0.1, -0.05) is 0 Å². The Bertz CT molecular complexity index is 366. The van der Waals surface area contributed by atoms with Gasteiger partial charge < -0.3 is 14.6 Å². The summed E-state index contributed by atoms with van der Waals surface area (Å²) >= 11 is 0. The van der Waals surface area contributed by atoms with Gasteiger partial charge in [-0.15, -0.1) is 0 Å². The molecule has 116 valence electrons. The second-order valence-electron chi connectivity index (χ2n) is 4.49. The van der Waals surface area contributed by atoms with Gasteiger partial charge in [0.05, 0.1) is 0 Å². The molecule has 0 aliphatic rings. The van der Waals surface area contributed by atoms with E-state index in [0.29, 0.717) is 32.1 Å². The molecule has 4 nitrogen and oxygen atoms in total. The van der Waals surface area contributed by atoms with Crippen molar-refractivity contribution in [3.63, 3.8) is 0 Å². The number of ether oxygens (including phenoxy) is 1. The van der Waals surface area contributed by atoms with E-state index in [1.165, 1.54) is 0 Å². The predicted molar refractivity (Wildman–Crippen MR) is 71.7 cm³/mol. The average molecular weight is 293 g/mol. The van der Waals surface area contributed by atoms with Crippen molar-refractivity contribution in [3.05, 3.63) is 12.4 Å². The molecule has 0 aliphatic carbocycles. The van der Waals surface area contributed by atoms with Crippen LogP contribution < -0.4 is 5.32 Å². The topological polar surface area (TPSA) is 39.1 Å². The molecule has 0 amide bonds. The summed E-state index contributed by atoms with van der Waals surface area (Å²) in [7, 11) is 0. The van der Waals surface area contributed by atoms with Crippen molar-refractivity contribution in [1.29, 1.82) is 0 Å². The first-order valence-corrected chi connectivity index (χ1v) is 6.92. The number of unbranched alkanes of at least 4 members (excludes halogenated alkanes) is 1. The molecule has 1 heterocycles. The molecule has 1 aromatic heterocycles. The standard InChI is InChI=1S/C13H22F3N3O/c1-2-20-11-5-7-17-12-18-8-10-19(12)9-4-3-6-13(14,15)16/h8,10H,2-7,9,11H2,1H3,(H,17,18). The van der Waals surface area contributed by atoms with Gasteiger partial charge in [0.2, 0.25) is 5.95 Å². The Hall–Kier alpha value is -1.24. The van der Waals surface area contributed by atoms with E-state index in [2.05, 4.69) is 10.3 Å². The van der Waals surface area contributed by atoms with Crippen LogP contribution in [0.2, 0.25) is 0 Å². The Morgan fingerprint density at radius 1 is 1.30 bits per heavy atom. The summed E-state index contributed by atoms with van der Waals surface area (Å²) in [5, 5.41) is 3.16. The van der Waals surface area contributed by atoms with Crippen molar-refractivity contribution in [2.45, 2.75) is 45.3 Å². The summed E-state index contributed by atoms with van der Waals surface area (Å²) in [5.41, 5.74) is 0. The molecule has 0 aliphatic heterocycles. The molecule has 1 aromatic rings. The van der Waals surface area contributed by atoms with E-state index in [1.54, 1.807) is 12.4 Å². The quantitative estimate of drug-likeness (QED) is 0.672. The molecule has 0 spiro atoms. The van der Waals surface area contributed by atoms with E-state index in [0.717, 1.165) is 13.0 Å². The fraction of sp³-hybridized carbons (Fsp3) is 0.769. The highest BCUT2D eigenvalue weighted by atomic mass is 19.4. The number of alkyl halides is 3. The van der Waals surface area contributed by atoms with Crippen LogP contribution in [-0.2, 0) is 11.3 Å². The summed E-state index contributed by atoms with van der Waals surface area (Å²) in [6.45, 7) is 4.62. The lowest BCUT2D eigenvalue weighted by Gasteiger charge is -2.10. The van der Waals surface area contributed by atoms with Crippen molar-refractivity contribution < 1.29 is 17.9 Å². The molecule has 0 atom stereocenters. The van der Waals surface area contributed by atoms with Gasteiger partial charge in [0.25, 0.3) is 0 Å². The number of nitrogens with one attached hydrogen (secondary N) is 1. The van der Waals surface area contributed by atoms with E-state index in [-0.39, 0.29) is 6.42 Å². The number of aromatic nitrogens is 2. The van der Waals surface area contributed by atoms with Crippen molar-refractivity contribution in [3.8, 4) is 0 Å². The maximum atomic E-state index is 12.0. The highest BCUT2D eigenvalue weighted by molar-refractivity contribution is 5.25. The van der Waals surface area contributed by atoms with Crippen LogP contribution in [0.3, 0.4) is 0 Å². The van der Waals surface area contributed by atoms with Gasteiger partial charge in [-0.3, -0.25) is 0 Å². The van der Waals surface area contributed by atoms with Gasteiger partial charge in [-0.2, -0.15) is 13.2 Å². The Balaban J connectivity index is 2.21. The number of hydrogen-bond donors (Lipinski definition) is 1. The van der Waals surface area contributed by atoms with Crippen molar-refractivity contribution in [1.82, 2.24) is 9.55 Å². The molecular formula is C13H22F3N3O. The van der Waals surface area contributed by atoms with E-state index < -0.39 is 12.6 Å². The van der Waals surface area contributed by atoms with Crippen LogP contribution in [0.1, 0.15) is 32.6 Å². The zero-order valence-electron chi connectivity index (χ0n) is 11.7. The van der Waals surface area contributed by atoms with Crippen molar-refractivity contribution >= 4 is 5.95 Å². The molecule has 0 aromatic carbocycles. The van der Waals surface area contributed by atoms with Crippen LogP contribution in [0.4, 0.5) is 19.1 Å². The van der Waals surface area contributed by atoms with Gasteiger partial charge in [0.15, 0.2) is 0 Å². The van der Waals surface area contributed by atoms with Crippen LogP contribution in [0.15, 0.2) is 12.4 Å². The largest absolute Gasteiger partial charge is 0.389 e. The smallest absolute Gasteiger partial charge is 0.382 e. The monoisotopic (exact) mass is 293 g/mol. The number of rotatable bonds is 10. The van der Waals surface area contributed by atoms with Crippen molar-refractivity contribution in [2.24, 2.45) is 0 Å². The van der Waals surface area contributed by atoms with E-state index in [9.17, 15) is 13.2 Å². The minimum atomic E-state index is -4.06. The Morgan fingerprint density at radius 3 is 2.80 bits per heavy atom. The molecular weight excluding hydrogens is 271 g/mol. The fourth-order valence-electron chi connectivity index (χ4n) is 1.78. The number of imidazole rings is 1. The minimum Gasteiger partial charge on any atom is -0.382 e. The molecule has 0 unspecified atom stereocenters. The van der Waals surface area contributed by atoms with E-state index in [1.807, 2.05) is 11.5 Å². The number of aryl methyl sites for hydroxylation is 1. The third-order valence-electron chi connectivity index (χ3n) is 2.78. The van der Waals surface area contributed by atoms with Crippen LogP contribution in [0, 0.1) is 0 Å². The molecule has 1 N–H and O–H groups in total. The lowest BCUT2D eigenvalue weighted by atomic mass is 10.2. The van der Waals surface area contributed by atoms with Gasteiger partial charge in [-0.25, -0.2) is 4.98 Å². The third kappa shape index (κ3) is 7.37. The van der Waals surface area contributed by atoms with Crippen LogP contribution in [0.25, 0.3) is 0 Å². The molecule has 20 heavy (non-hydrogen) atoms. The summed E-state index contributed by atoms with van der Waals surface area (Å²) in [5.74, 6) is 0.702. The maximum absolute atomic E-state index is 12.0. The highest BCUT2D eigenvalue weighted by Gasteiger charge is 2.25. The van der Waals surface area contributed by atoms with Crippen LogP contribution in [-0.4, -0.2) is 35.5 Å². The Kier molecular flexibility index (Phi) is 7.43. The zero-order chi connectivity index (χ0) is 14.8. The van der Waals surface area contributed by atoms with Crippen LogP contribution >= 0.6 is 0 Å². The molecule has 7 heteroatoms. The predicted octanol–water partition coefficient (Wildman–Crippen LogP) is 3.45. The maximum Gasteiger partial charge on any atom is 0.389 e. The fourth-order valence-corrected chi connectivity index (χ4v) is 1.78. The normalized spacial score (nSPS) is 11.8. The van der Waals surface area contributed by atoms with Gasteiger partial charge >= 0.3 is 6.18 Å². The molecule has 0 saturated heterocycles. The number of halogens is 3. The SMILES string of the molecule is CCOCCCNc1nccn1CCCCC(F)(F)F. The van der Waals surface area contributed by atoms with Crippen molar-refractivity contribution in [2.75, 3.05) is 25.1 Å². The van der Waals surface area contributed by atoms with E-state index >= 15 is 0 Å². The summed E-state index contributed by atoms with van der Waals surface area (Å²) < 4.78 is 43.1.